The normalized spacial score (nSPS) is 23.0. The predicted octanol–water partition coefficient (Wildman–Crippen LogP) is 5.18. The number of aliphatic hydroxyl groups is 1. The van der Waals surface area contributed by atoms with E-state index in [-0.39, 0.29) is 0 Å². The van der Waals surface area contributed by atoms with E-state index < -0.39 is 11.1 Å². The van der Waals surface area contributed by atoms with Gasteiger partial charge in [0.1, 0.15) is 5.01 Å². The molecule has 0 radical (unpaired) electrons. The highest BCUT2D eigenvalue weighted by atomic mass is 32.1. The van der Waals surface area contributed by atoms with Gasteiger partial charge in [-0.05, 0) is 44.7 Å². The monoisotopic (exact) mass is 430 g/mol. The molecule has 6 heteroatoms. The maximum absolute atomic E-state index is 10.1. The van der Waals surface area contributed by atoms with Crippen molar-refractivity contribution in [1.29, 1.82) is 0 Å². The molecule has 0 unspecified atom stereocenters. The number of nitrogens with zero attached hydrogens (tertiary/aromatic N) is 2. The van der Waals surface area contributed by atoms with Gasteiger partial charge in [-0.2, -0.15) is 5.10 Å². The third-order valence-electron chi connectivity index (χ3n) is 6.13. The van der Waals surface area contributed by atoms with Gasteiger partial charge in [-0.1, -0.05) is 54.6 Å². The van der Waals surface area contributed by atoms with Crippen LogP contribution in [0.2, 0.25) is 0 Å². The highest BCUT2D eigenvalue weighted by Gasteiger charge is 2.49. The summed E-state index contributed by atoms with van der Waals surface area (Å²) in [4.78, 5) is 6.19. The molecule has 0 amide bonds. The summed E-state index contributed by atoms with van der Waals surface area (Å²) in [6.45, 7) is 5.88. The molecule has 0 saturated heterocycles. The third kappa shape index (κ3) is 3.51. The van der Waals surface area contributed by atoms with Gasteiger partial charge in [-0.3, -0.25) is 5.10 Å². The van der Waals surface area contributed by atoms with E-state index in [1.54, 1.807) is 11.3 Å². The molecule has 4 aromatic rings. The minimum atomic E-state index is -0.669. The van der Waals surface area contributed by atoms with Gasteiger partial charge in [-0.15, -0.1) is 11.3 Å². The molecule has 1 aliphatic rings. The van der Waals surface area contributed by atoms with Crippen molar-refractivity contribution < 1.29 is 5.11 Å². The molecule has 1 fully saturated rings. The number of benzene rings is 2. The van der Waals surface area contributed by atoms with E-state index in [2.05, 4.69) is 58.7 Å². The lowest BCUT2D eigenvalue weighted by atomic mass is 9.63. The molecule has 1 aliphatic carbocycles. The lowest BCUT2D eigenvalue weighted by Gasteiger charge is -2.49. The molecule has 5 rings (SSSR count). The summed E-state index contributed by atoms with van der Waals surface area (Å²) in [6.07, 6.45) is 1.16. The predicted molar refractivity (Wildman–Crippen MR) is 126 cm³/mol. The number of thiazole rings is 1. The summed E-state index contributed by atoms with van der Waals surface area (Å²) in [6, 6.07) is 18.7. The van der Waals surface area contributed by atoms with Gasteiger partial charge >= 0.3 is 0 Å². The highest BCUT2D eigenvalue weighted by Crippen LogP contribution is 2.47. The minimum Gasteiger partial charge on any atom is -0.390 e. The maximum Gasteiger partial charge on any atom is 0.128 e. The molecule has 0 bridgehead atoms. The van der Waals surface area contributed by atoms with E-state index in [1.165, 1.54) is 0 Å². The number of hydrogen-bond donors (Lipinski definition) is 3. The summed E-state index contributed by atoms with van der Waals surface area (Å²) in [5.41, 5.74) is 12.7. The Kier molecular flexibility index (Phi) is 4.62. The summed E-state index contributed by atoms with van der Waals surface area (Å²) in [5, 5.41) is 18.5. The van der Waals surface area contributed by atoms with Crippen molar-refractivity contribution in [3.63, 3.8) is 0 Å². The lowest BCUT2D eigenvalue weighted by Crippen LogP contribution is -2.58. The number of aromatic amines is 1. The van der Waals surface area contributed by atoms with Crippen LogP contribution in [-0.2, 0) is 5.54 Å². The largest absolute Gasteiger partial charge is 0.390 e. The molecule has 0 spiro atoms. The number of nitrogens with two attached hydrogens (primary N) is 1. The van der Waals surface area contributed by atoms with E-state index in [4.69, 9.17) is 10.7 Å². The highest BCUT2D eigenvalue weighted by molar-refractivity contribution is 7.19. The molecule has 1 saturated carbocycles. The zero-order chi connectivity index (χ0) is 21.8. The Bertz CT molecular complexity index is 1210. The minimum absolute atomic E-state index is 0.456. The van der Waals surface area contributed by atoms with Crippen LogP contribution < -0.4 is 5.73 Å². The Morgan fingerprint density at radius 2 is 1.68 bits per heavy atom. The Balaban J connectivity index is 1.58. The molecule has 2 aromatic carbocycles. The second-order valence-corrected chi connectivity index (χ2v) is 9.95. The third-order valence-corrected chi connectivity index (χ3v) is 7.25. The van der Waals surface area contributed by atoms with E-state index in [0.29, 0.717) is 12.8 Å². The van der Waals surface area contributed by atoms with Crippen molar-refractivity contribution in [2.75, 3.05) is 0 Å². The molecule has 5 nitrogen and oxygen atoms in total. The van der Waals surface area contributed by atoms with Gasteiger partial charge in [0.2, 0.25) is 0 Å². The van der Waals surface area contributed by atoms with Crippen LogP contribution in [0.4, 0.5) is 0 Å². The number of hydrogen-bond acceptors (Lipinski definition) is 5. The van der Waals surface area contributed by atoms with Crippen molar-refractivity contribution >= 4 is 11.3 Å². The van der Waals surface area contributed by atoms with E-state index in [9.17, 15) is 5.11 Å². The summed E-state index contributed by atoms with van der Waals surface area (Å²) >= 11 is 1.69. The first kappa shape index (κ1) is 20.1. The lowest BCUT2D eigenvalue weighted by molar-refractivity contribution is -0.0738. The van der Waals surface area contributed by atoms with Crippen molar-refractivity contribution in [2.24, 2.45) is 5.73 Å². The van der Waals surface area contributed by atoms with Crippen LogP contribution in [0, 0.1) is 13.8 Å². The van der Waals surface area contributed by atoms with Crippen molar-refractivity contribution in [2.45, 2.75) is 44.8 Å². The number of rotatable bonds is 4. The fraction of sp³-hybridized carbons (Fsp3) is 0.280. The average molecular weight is 431 g/mol. The molecule has 0 aliphatic heterocycles. The van der Waals surface area contributed by atoms with Gasteiger partial charge in [0.15, 0.2) is 0 Å². The average Bonchev–Trinajstić information content (AvgIpc) is 3.30. The number of nitrogens with one attached hydrogen (secondary N) is 1. The van der Waals surface area contributed by atoms with E-state index >= 15 is 0 Å². The quantitative estimate of drug-likeness (QED) is 0.416. The van der Waals surface area contributed by atoms with Crippen LogP contribution >= 0.6 is 11.3 Å². The Hall–Kier alpha value is -2.80. The standard InChI is InChI=1S/C25H26N4OS/c1-15-20(16(2)29-28-15)23-27-21(22(31-23)18-7-5-4-6-8-18)17-9-11-19(12-10-17)25(26)13-24(3,30)14-25/h4-12,30H,13-14,26H2,1-3H3,(H,28,29)/t24-,25-. The Morgan fingerprint density at radius 1 is 1.00 bits per heavy atom. The van der Waals surface area contributed by atoms with Crippen LogP contribution in [-0.4, -0.2) is 25.9 Å². The number of aromatic nitrogens is 3. The number of aryl methyl sites for hydroxylation is 2. The fourth-order valence-electron chi connectivity index (χ4n) is 4.75. The first-order valence-corrected chi connectivity index (χ1v) is 11.3. The van der Waals surface area contributed by atoms with Gasteiger partial charge < -0.3 is 10.8 Å². The number of H-pyrrole nitrogens is 1. The second-order valence-electron chi connectivity index (χ2n) is 8.96. The van der Waals surface area contributed by atoms with Gasteiger partial charge in [-0.25, -0.2) is 4.98 Å². The fourth-order valence-corrected chi connectivity index (χ4v) is 5.99. The Labute approximate surface area is 186 Å². The molecule has 0 atom stereocenters. The Morgan fingerprint density at radius 3 is 2.26 bits per heavy atom. The topological polar surface area (TPSA) is 87.8 Å². The zero-order valence-corrected chi connectivity index (χ0v) is 18.8. The van der Waals surface area contributed by atoms with E-state index in [1.807, 2.05) is 26.8 Å². The summed E-state index contributed by atoms with van der Waals surface area (Å²) in [7, 11) is 0. The molecule has 4 N–H and O–H groups in total. The van der Waals surface area contributed by atoms with Crippen LogP contribution in [0.1, 0.15) is 36.7 Å². The molecular formula is C25H26N4OS. The van der Waals surface area contributed by atoms with Crippen molar-refractivity contribution in [3.05, 3.63) is 71.5 Å². The molecule has 31 heavy (non-hydrogen) atoms. The second kappa shape index (κ2) is 7.12. The van der Waals surface area contributed by atoms with E-state index in [0.717, 1.165) is 49.2 Å². The smallest absolute Gasteiger partial charge is 0.128 e. The summed E-state index contributed by atoms with van der Waals surface area (Å²) < 4.78 is 0. The zero-order valence-electron chi connectivity index (χ0n) is 17.9. The maximum atomic E-state index is 10.1. The van der Waals surface area contributed by atoms with Gasteiger partial charge in [0, 0.05) is 16.8 Å². The first-order chi connectivity index (χ1) is 14.8. The first-order valence-electron chi connectivity index (χ1n) is 10.5. The van der Waals surface area contributed by atoms with Crippen LogP contribution in [0.25, 0.3) is 32.3 Å². The van der Waals surface area contributed by atoms with Crippen molar-refractivity contribution in [1.82, 2.24) is 15.2 Å². The van der Waals surface area contributed by atoms with Crippen LogP contribution in [0.15, 0.2) is 54.6 Å². The molecule has 2 aromatic heterocycles. The van der Waals surface area contributed by atoms with Crippen LogP contribution in [0.5, 0.6) is 0 Å². The van der Waals surface area contributed by atoms with Gasteiger partial charge in [0.05, 0.1) is 27.4 Å². The molecule has 2 heterocycles. The summed E-state index contributed by atoms with van der Waals surface area (Å²) in [5.74, 6) is 0. The van der Waals surface area contributed by atoms with Gasteiger partial charge in [0.25, 0.3) is 0 Å². The molecular weight excluding hydrogens is 404 g/mol. The van der Waals surface area contributed by atoms with Crippen molar-refractivity contribution in [3.8, 4) is 32.3 Å². The molecule has 158 valence electrons. The SMILES string of the molecule is Cc1n[nH]c(C)c1-c1nc(-c2ccc([C@]3(N)C[C@](C)(O)C3)cc2)c(-c2ccccc2)s1. The van der Waals surface area contributed by atoms with Crippen LogP contribution in [0.3, 0.4) is 0 Å².